The van der Waals surface area contributed by atoms with Crippen molar-refractivity contribution in [3.63, 3.8) is 0 Å². The number of hydrogen-bond donors (Lipinski definition) is 0. The first kappa shape index (κ1) is 14.4. The van der Waals surface area contributed by atoms with Gasteiger partial charge in [-0.25, -0.2) is 12.7 Å². The largest absolute Gasteiger partial charge is 0.342 e. The summed E-state index contributed by atoms with van der Waals surface area (Å²) in [7, 11) is -3.12. The summed E-state index contributed by atoms with van der Waals surface area (Å²) in [5.41, 5.74) is 0. The van der Waals surface area contributed by atoms with Crippen LogP contribution in [0.3, 0.4) is 0 Å². The lowest BCUT2D eigenvalue weighted by molar-refractivity contribution is -0.128. The molecule has 0 aliphatic carbocycles. The summed E-state index contributed by atoms with van der Waals surface area (Å²) in [6.45, 7) is 5.66. The fraction of sp³-hybridized carbons (Fsp3) is 0.909. The predicted molar refractivity (Wildman–Crippen MR) is 67.1 cm³/mol. The van der Waals surface area contributed by atoms with Crippen LogP contribution in [0.1, 0.15) is 33.1 Å². The van der Waals surface area contributed by atoms with E-state index in [9.17, 15) is 13.2 Å². The third kappa shape index (κ3) is 4.27. The molecule has 1 aliphatic heterocycles. The summed E-state index contributed by atoms with van der Waals surface area (Å²) in [5.74, 6) is 0.252. The molecule has 6 heteroatoms. The molecule has 0 atom stereocenters. The van der Waals surface area contributed by atoms with Crippen LogP contribution in [0.25, 0.3) is 0 Å². The second-order valence-electron chi connectivity index (χ2n) is 4.43. The van der Waals surface area contributed by atoms with Crippen LogP contribution in [-0.4, -0.2) is 55.5 Å². The van der Waals surface area contributed by atoms with Crippen LogP contribution < -0.4 is 0 Å². The van der Waals surface area contributed by atoms with Crippen LogP contribution in [0.15, 0.2) is 0 Å². The third-order valence-electron chi connectivity index (χ3n) is 3.05. The Morgan fingerprint density at radius 3 is 2.47 bits per heavy atom. The van der Waals surface area contributed by atoms with Gasteiger partial charge in [0, 0.05) is 33.1 Å². The molecule has 1 aliphatic rings. The van der Waals surface area contributed by atoms with Crippen molar-refractivity contribution in [3.8, 4) is 0 Å². The first-order chi connectivity index (χ1) is 7.97. The molecule has 0 radical (unpaired) electrons. The maximum atomic E-state index is 12.0. The summed E-state index contributed by atoms with van der Waals surface area (Å²) in [6.07, 6.45) is 2.31. The van der Waals surface area contributed by atoms with Crippen molar-refractivity contribution in [1.29, 1.82) is 0 Å². The second-order valence-corrected chi connectivity index (χ2v) is 6.52. The SMILES string of the molecule is CCCCS(=O)(=O)N1CCCN(C(C)=O)CC1. The number of carbonyl (C=O) groups excluding carboxylic acids is 1. The summed E-state index contributed by atoms with van der Waals surface area (Å²) >= 11 is 0. The highest BCUT2D eigenvalue weighted by molar-refractivity contribution is 7.89. The lowest BCUT2D eigenvalue weighted by Gasteiger charge is -2.20. The van der Waals surface area contributed by atoms with Gasteiger partial charge in [0.15, 0.2) is 0 Å². The number of rotatable bonds is 4. The minimum atomic E-state index is -3.12. The van der Waals surface area contributed by atoms with Crippen LogP contribution in [0.2, 0.25) is 0 Å². The second kappa shape index (κ2) is 6.35. The zero-order valence-corrected chi connectivity index (χ0v) is 11.5. The van der Waals surface area contributed by atoms with E-state index in [1.807, 2.05) is 6.92 Å². The van der Waals surface area contributed by atoms with Crippen LogP contribution >= 0.6 is 0 Å². The number of amides is 1. The molecule has 5 nitrogen and oxygen atoms in total. The molecule has 0 unspecified atom stereocenters. The van der Waals surface area contributed by atoms with E-state index in [1.54, 1.807) is 4.90 Å². The first-order valence-electron chi connectivity index (χ1n) is 6.20. The lowest BCUT2D eigenvalue weighted by atomic mass is 10.4. The number of nitrogens with zero attached hydrogens (tertiary/aromatic N) is 2. The van der Waals surface area contributed by atoms with Crippen LogP contribution in [0.4, 0.5) is 0 Å². The average Bonchev–Trinajstić information content (AvgIpc) is 2.52. The molecule has 0 bridgehead atoms. The number of unbranched alkanes of at least 4 members (excludes halogenated alkanes) is 1. The zero-order valence-electron chi connectivity index (χ0n) is 10.7. The fourth-order valence-electron chi connectivity index (χ4n) is 1.94. The molecule has 1 heterocycles. The molecule has 17 heavy (non-hydrogen) atoms. The number of carbonyl (C=O) groups is 1. The highest BCUT2D eigenvalue weighted by Crippen LogP contribution is 2.10. The summed E-state index contributed by atoms with van der Waals surface area (Å²) in [4.78, 5) is 13.0. The summed E-state index contributed by atoms with van der Waals surface area (Å²) in [5, 5.41) is 0. The van der Waals surface area contributed by atoms with Gasteiger partial charge in [0.25, 0.3) is 0 Å². The molecule has 100 valence electrons. The van der Waals surface area contributed by atoms with Gasteiger partial charge in [-0.15, -0.1) is 0 Å². The Bertz CT molecular complexity index is 354. The van der Waals surface area contributed by atoms with E-state index in [2.05, 4.69) is 0 Å². The van der Waals surface area contributed by atoms with Gasteiger partial charge in [-0.2, -0.15) is 0 Å². The van der Waals surface area contributed by atoms with E-state index < -0.39 is 10.0 Å². The van der Waals surface area contributed by atoms with Crippen LogP contribution in [-0.2, 0) is 14.8 Å². The van der Waals surface area contributed by atoms with Crippen molar-refractivity contribution in [3.05, 3.63) is 0 Å². The number of hydrogen-bond acceptors (Lipinski definition) is 3. The first-order valence-corrected chi connectivity index (χ1v) is 7.81. The van der Waals surface area contributed by atoms with Gasteiger partial charge in [-0.05, 0) is 12.8 Å². The van der Waals surface area contributed by atoms with Crippen LogP contribution in [0, 0.1) is 0 Å². The normalized spacial score (nSPS) is 19.1. The molecule has 0 saturated carbocycles. The molecule has 1 saturated heterocycles. The van der Waals surface area contributed by atoms with E-state index in [0.717, 1.165) is 12.8 Å². The zero-order chi connectivity index (χ0) is 12.9. The van der Waals surface area contributed by atoms with Gasteiger partial charge >= 0.3 is 0 Å². The van der Waals surface area contributed by atoms with Crippen molar-refractivity contribution in [2.45, 2.75) is 33.1 Å². The monoisotopic (exact) mass is 262 g/mol. The van der Waals surface area contributed by atoms with Crippen molar-refractivity contribution < 1.29 is 13.2 Å². The Balaban J connectivity index is 2.59. The molecule has 1 rings (SSSR count). The minimum absolute atomic E-state index is 0.0257. The molecule has 0 aromatic rings. The van der Waals surface area contributed by atoms with Crippen molar-refractivity contribution in [1.82, 2.24) is 9.21 Å². The smallest absolute Gasteiger partial charge is 0.219 e. The average molecular weight is 262 g/mol. The van der Waals surface area contributed by atoms with E-state index in [-0.39, 0.29) is 11.7 Å². The Kier molecular flexibility index (Phi) is 5.39. The molecule has 1 fully saturated rings. The molecule has 0 spiro atoms. The highest BCUT2D eigenvalue weighted by atomic mass is 32.2. The molecule has 0 aromatic carbocycles. The maximum Gasteiger partial charge on any atom is 0.219 e. The fourth-order valence-corrected chi connectivity index (χ4v) is 3.62. The summed E-state index contributed by atoms with van der Waals surface area (Å²) in [6, 6.07) is 0. The molecular formula is C11H22N2O3S. The van der Waals surface area contributed by atoms with Crippen LogP contribution in [0.5, 0.6) is 0 Å². The van der Waals surface area contributed by atoms with Gasteiger partial charge in [0.2, 0.25) is 15.9 Å². The van der Waals surface area contributed by atoms with Gasteiger partial charge in [0.05, 0.1) is 5.75 Å². The topological polar surface area (TPSA) is 57.7 Å². The third-order valence-corrected chi connectivity index (χ3v) is 5.01. The Morgan fingerprint density at radius 2 is 1.88 bits per heavy atom. The van der Waals surface area contributed by atoms with Gasteiger partial charge < -0.3 is 4.90 Å². The van der Waals surface area contributed by atoms with Crippen molar-refractivity contribution in [2.75, 3.05) is 31.9 Å². The van der Waals surface area contributed by atoms with E-state index in [4.69, 9.17) is 0 Å². The Hall–Kier alpha value is -0.620. The quantitative estimate of drug-likeness (QED) is 0.748. The highest BCUT2D eigenvalue weighted by Gasteiger charge is 2.25. The molecule has 1 amide bonds. The number of sulfonamides is 1. The predicted octanol–water partition coefficient (Wildman–Crippen LogP) is 0.671. The lowest BCUT2D eigenvalue weighted by Crippen LogP contribution is -2.37. The van der Waals surface area contributed by atoms with Gasteiger partial charge in [0.1, 0.15) is 0 Å². The van der Waals surface area contributed by atoms with E-state index in [0.29, 0.717) is 32.6 Å². The Labute approximate surface area is 104 Å². The van der Waals surface area contributed by atoms with Gasteiger partial charge in [-0.1, -0.05) is 13.3 Å². The van der Waals surface area contributed by atoms with Gasteiger partial charge in [-0.3, -0.25) is 4.79 Å². The summed E-state index contributed by atoms with van der Waals surface area (Å²) < 4.78 is 25.5. The van der Waals surface area contributed by atoms with Crippen molar-refractivity contribution in [2.24, 2.45) is 0 Å². The van der Waals surface area contributed by atoms with E-state index in [1.165, 1.54) is 11.2 Å². The standard InChI is InChI=1S/C11H22N2O3S/c1-3-4-10-17(15,16)13-7-5-6-12(8-9-13)11(2)14/h3-10H2,1-2H3. The molecular weight excluding hydrogens is 240 g/mol. The maximum absolute atomic E-state index is 12.0. The Morgan fingerprint density at radius 1 is 1.18 bits per heavy atom. The van der Waals surface area contributed by atoms with Crippen molar-refractivity contribution >= 4 is 15.9 Å². The molecule has 0 aromatic heterocycles. The van der Waals surface area contributed by atoms with E-state index >= 15 is 0 Å². The molecule has 0 N–H and O–H groups in total. The minimum Gasteiger partial charge on any atom is -0.342 e.